The van der Waals surface area contributed by atoms with Crippen LogP contribution in [0.25, 0.3) is 0 Å². The van der Waals surface area contributed by atoms with Gasteiger partial charge in [-0.05, 0) is 49.2 Å². The molecule has 8 nitrogen and oxygen atoms in total. The summed E-state index contributed by atoms with van der Waals surface area (Å²) in [7, 11) is -0.759. The van der Waals surface area contributed by atoms with Crippen LogP contribution < -0.4 is 19.5 Å². The number of anilines is 1. The predicted octanol–water partition coefficient (Wildman–Crippen LogP) is 4.54. The number of hydrogen-bond acceptors (Lipinski definition) is 6. The zero-order valence-corrected chi connectivity index (χ0v) is 20.5. The average molecular weight is 497 g/mol. The zero-order valence-electron chi connectivity index (χ0n) is 19.6. The van der Waals surface area contributed by atoms with Gasteiger partial charge in [0.1, 0.15) is 11.5 Å². The first-order chi connectivity index (χ1) is 16.9. The lowest BCUT2D eigenvalue weighted by Crippen LogP contribution is -2.41. The first-order valence-electron chi connectivity index (χ1n) is 11.3. The second-order valence-electron chi connectivity index (χ2n) is 8.13. The van der Waals surface area contributed by atoms with E-state index in [0.717, 1.165) is 0 Å². The summed E-state index contributed by atoms with van der Waals surface area (Å²) in [5.74, 6) is 1.71. The molecule has 0 radical (unpaired) electrons. The van der Waals surface area contributed by atoms with Gasteiger partial charge in [-0.15, -0.1) is 0 Å². The fraction of sp³-hybridized carbons (Fsp3) is 0.269. The van der Waals surface area contributed by atoms with Gasteiger partial charge < -0.3 is 19.5 Å². The van der Waals surface area contributed by atoms with Crippen LogP contribution in [0.3, 0.4) is 0 Å². The highest BCUT2D eigenvalue weighted by molar-refractivity contribution is 7.89. The van der Waals surface area contributed by atoms with Crippen molar-refractivity contribution >= 4 is 21.6 Å². The number of benzene rings is 3. The molecule has 3 aromatic carbocycles. The Kier molecular flexibility index (Phi) is 7.57. The van der Waals surface area contributed by atoms with Crippen LogP contribution in [0.2, 0.25) is 0 Å². The number of rotatable bonds is 8. The normalized spacial score (nSPS) is 14.8. The summed E-state index contributed by atoms with van der Waals surface area (Å²) in [5.41, 5.74) is 0.629. The molecule has 4 rings (SSSR count). The number of carbonyl (C=O) groups is 1. The van der Waals surface area contributed by atoms with Crippen molar-refractivity contribution in [2.75, 3.05) is 32.6 Å². The number of piperidine rings is 1. The molecule has 0 aliphatic carbocycles. The minimum absolute atomic E-state index is 0.133. The van der Waals surface area contributed by atoms with Gasteiger partial charge in [-0.1, -0.05) is 24.3 Å². The molecule has 0 unspecified atom stereocenters. The first kappa shape index (κ1) is 24.6. The summed E-state index contributed by atoms with van der Waals surface area (Å²) in [4.78, 5) is 13.0. The van der Waals surface area contributed by atoms with E-state index >= 15 is 0 Å². The van der Waals surface area contributed by atoms with Gasteiger partial charge in [-0.2, -0.15) is 4.31 Å². The molecule has 0 aromatic heterocycles. The molecule has 1 heterocycles. The Morgan fingerprint density at radius 2 is 1.54 bits per heavy atom. The highest BCUT2D eigenvalue weighted by atomic mass is 32.2. The van der Waals surface area contributed by atoms with E-state index in [1.54, 1.807) is 18.2 Å². The average Bonchev–Trinajstić information content (AvgIpc) is 2.89. The van der Waals surface area contributed by atoms with Crippen LogP contribution in [-0.4, -0.2) is 45.9 Å². The van der Waals surface area contributed by atoms with E-state index in [2.05, 4.69) is 5.32 Å². The molecule has 1 aliphatic heterocycles. The van der Waals surface area contributed by atoms with E-state index < -0.39 is 10.0 Å². The van der Waals surface area contributed by atoms with Crippen LogP contribution in [-0.2, 0) is 14.8 Å². The molecule has 184 valence electrons. The Hall–Kier alpha value is -3.56. The summed E-state index contributed by atoms with van der Waals surface area (Å²) in [5, 5.41) is 2.93. The molecule has 0 atom stereocenters. The number of amides is 1. The minimum Gasteiger partial charge on any atom is -0.493 e. The maximum Gasteiger partial charge on any atom is 0.243 e. The summed E-state index contributed by atoms with van der Waals surface area (Å²) in [6, 6.07) is 21.1. The number of carbonyl (C=O) groups excluding carboxylic acids is 1. The number of hydrogen-bond donors (Lipinski definition) is 1. The van der Waals surface area contributed by atoms with Crippen LogP contribution in [0.4, 0.5) is 5.69 Å². The van der Waals surface area contributed by atoms with Crippen molar-refractivity contribution in [2.45, 2.75) is 17.7 Å². The topological polar surface area (TPSA) is 94.2 Å². The lowest BCUT2D eigenvalue weighted by Gasteiger charge is -2.30. The molecule has 3 aromatic rings. The van der Waals surface area contributed by atoms with Gasteiger partial charge in [0.25, 0.3) is 0 Å². The second-order valence-corrected chi connectivity index (χ2v) is 10.1. The van der Waals surface area contributed by atoms with Gasteiger partial charge in [-0.3, -0.25) is 4.79 Å². The smallest absolute Gasteiger partial charge is 0.243 e. The predicted molar refractivity (Wildman–Crippen MR) is 133 cm³/mol. The third-order valence-corrected chi connectivity index (χ3v) is 7.79. The van der Waals surface area contributed by atoms with Crippen LogP contribution in [0.5, 0.6) is 23.0 Å². The van der Waals surface area contributed by atoms with Crippen molar-refractivity contribution in [3.63, 3.8) is 0 Å². The summed E-state index contributed by atoms with van der Waals surface area (Å²) >= 11 is 0. The number of sulfonamides is 1. The fourth-order valence-electron chi connectivity index (χ4n) is 3.99. The molecular formula is C26H28N2O6S. The van der Waals surface area contributed by atoms with Crippen molar-refractivity contribution in [1.82, 2.24) is 4.31 Å². The molecule has 35 heavy (non-hydrogen) atoms. The SMILES string of the molecule is COc1ccc(S(=O)(=O)N2CCC(C(=O)Nc3cccc(Oc4ccccc4)c3)CC2)cc1OC. The standard InChI is InChI=1S/C26H28N2O6S/c1-32-24-12-11-23(18-25(24)33-2)35(30,31)28-15-13-19(14-16-28)26(29)27-20-7-6-10-22(17-20)34-21-8-4-3-5-9-21/h3-12,17-19H,13-16H2,1-2H3,(H,27,29). The molecular weight excluding hydrogens is 468 g/mol. The van der Waals surface area contributed by atoms with E-state index in [1.807, 2.05) is 42.5 Å². The van der Waals surface area contributed by atoms with Crippen molar-refractivity contribution in [3.05, 3.63) is 72.8 Å². The van der Waals surface area contributed by atoms with Crippen LogP contribution in [0.1, 0.15) is 12.8 Å². The molecule has 0 bridgehead atoms. The Labute approximate surface area is 205 Å². The third-order valence-electron chi connectivity index (χ3n) is 5.90. The molecule has 1 N–H and O–H groups in total. The van der Waals surface area contributed by atoms with Gasteiger partial charge >= 0.3 is 0 Å². The van der Waals surface area contributed by atoms with Gasteiger partial charge in [0.2, 0.25) is 15.9 Å². The first-order valence-corrected chi connectivity index (χ1v) is 12.7. The van der Waals surface area contributed by atoms with E-state index in [-0.39, 0.29) is 29.8 Å². The molecule has 1 aliphatic rings. The molecule has 9 heteroatoms. The van der Waals surface area contributed by atoms with Crippen molar-refractivity contribution in [2.24, 2.45) is 5.92 Å². The maximum absolute atomic E-state index is 13.1. The van der Waals surface area contributed by atoms with E-state index in [4.69, 9.17) is 14.2 Å². The molecule has 0 saturated carbocycles. The quantitative estimate of drug-likeness (QED) is 0.492. The van der Waals surface area contributed by atoms with E-state index in [9.17, 15) is 13.2 Å². The minimum atomic E-state index is -3.71. The lowest BCUT2D eigenvalue weighted by molar-refractivity contribution is -0.120. The van der Waals surface area contributed by atoms with Gasteiger partial charge in [0.15, 0.2) is 11.5 Å². The van der Waals surface area contributed by atoms with Crippen molar-refractivity contribution in [3.8, 4) is 23.0 Å². The number of nitrogens with one attached hydrogen (secondary N) is 1. The third kappa shape index (κ3) is 5.75. The Morgan fingerprint density at radius 3 is 2.23 bits per heavy atom. The number of ether oxygens (including phenoxy) is 3. The number of methoxy groups -OCH3 is 2. The molecule has 1 fully saturated rings. The summed E-state index contributed by atoms with van der Waals surface area (Å²) < 4.78 is 43.9. The van der Waals surface area contributed by atoms with E-state index in [1.165, 1.54) is 30.7 Å². The Bertz CT molecular complexity index is 1270. The monoisotopic (exact) mass is 496 g/mol. The molecule has 1 saturated heterocycles. The fourth-order valence-corrected chi connectivity index (χ4v) is 5.48. The Balaban J connectivity index is 1.36. The Morgan fingerprint density at radius 1 is 0.857 bits per heavy atom. The van der Waals surface area contributed by atoms with Crippen molar-refractivity contribution < 1.29 is 27.4 Å². The lowest BCUT2D eigenvalue weighted by atomic mass is 9.97. The van der Waals surface area contributed by atoms with Gasteiger partial charge in [0.05, 0.1) is 19.1 Å². The van der Waals surface area contributed by atoms with Gasteiger partial charge in [0, 0.05) is 36.8 Å². The molecule has 0 spiro atoms. The van der Waals surface area contributed by atoms with E-state index in [0.29, 0.717) is 41.5 Å². The highest BCUT2D eigenvalue weighted by Crippen LogP contribution is 2.32. The largest absolute Gasteiger partial charge is 0.493 e. The molecule has 1 amide bonds. The van der Waals surface area contributed by atoms with Gasteiger partial charge in [-0.25, -0.2) is 8.42 Å². The number of para-hydroxylation sites is 1. The number of nitrogens with zero attached hydrogens (tertiary/aromatic N) is 1. The second kappa shape index (κ2) is 10.8. The van der Waals surface area contributed by atoms with Crippen molar-refractivity contribution in [1.29, 1.82) is 0 Å². The zero-order chi connectivity index (χ0) is 24.8. The van der Waals surface area contributed by atoms with Crippen LogP contribution >= 0.6 is 0 Å². The van der Waals surface area contributed by atoms with Crippen LogP contribution in [0.15, 0.2) is 77.7 Å². The van der Waals surface area contributed by atoms with Crippen LogP contribution in [0, 0.1) is 5.92 Å². The highest BCUT2D eigenvalue weighted by Gasteiger charge is 2.32. The maximum atomic E-state index is 13.1. The summed E-state index contributed by atoms with van der Waals surface area (Å²) in [6.07, 6.45) is 0.858. The summed E-state index contributed by atoms with van der Waals surface area (Å²) in [6.45, 7) is 0.512.